The number of benzene rings is 1. The third kappa shape index (κ3) is 2.47. The van der Waals surface area contributed by atoms with Gasteiger partial charge in [0.1, 0.15) is 18.0 Å². The molecule has 0 atom stereocenters. The molecule has 0 saturated heterocycles. The van der Waals surface area contributed by atoms with E-state index in [0.717, 1.165) is 31.4 Å². The smallest absolute Gasteiger partial charge is 0.142 e. The molecule has 2 N–H and O–H groups in total. The minimum atomic E-state index is 0.171. The molecule has 1 aliphatic rings. The zero-order valence-electron chi connectivity index (χ0n) is 13.2. The third-order valence-corrected chi connectivity index (χ3v) is 4.81. The molecule has 1 aromatic carbocycles. The molecule has 0 fully saturated rings. The number of hydrogen-bond acceptors (Lipinski definition) is 4. The molecule has 0 saturated carbocycles. The van der Waals surface area contributed by atoms with Crippen molar-refractivity contribution in [3.05, 3.63) is 61.4 Å². The molecule has 24 heavy (non-hydrogen) atoms. The predicted octanol–water partition coefficient (Wildman–Crippen LogP) is 4.30. The summed E-state index contributed by atoms with van der Waals surface area (Å²) in [5, 5.41) is 18.9. The van der Waals surface area contributed by atoms with Gasteiger partial charge in [-0.1, -0.05) is 12.1 Å². The van der Waals surface area contributed by atoms with Crippen LogP contribution in [0.4, 0.5) is 5.82 Å². The molecule has 2 aromatic rings. The molecule has 0 aliphatic heterocycles. The van der Waals surface area contributed by atoms with E-state index in [1.165, 1.54) is 0 Å². The van der Waals surface area contributed by atoms with Crippen molar-refractivity contribution in [2.45, 2.75) is 13.8 Å². The summed E-state index contributed by atoms with van der Waals surface area (Å²) in [5.74, 6) is 0.171. The quantitative estimate of drug-likeness (QED) is 0.692. The number of aromatic nitrogens is 1. The Morgan fingerprint density at radius 1 is 1.21 bits per heavy atom. The summed E-state index contributed by atoms with van der Waals surface area (Å²) in [4.78, 5) is 4.33. The summed E-state index contributed by atoms with van der Waals surface area (Å²) in [6.45, 7) is 3.76. The molecule has 0 amide bonds. The number of nitrogens with zero attached hydrogens (tertiary/aromatic N) is 3. The number of nitrogens with two attached hydrogens (primary N) is 1. The van der Waals surface area contributed by atoms with E-state index < -0.39 is 0 Å². The van der Waals surface area contributed by atoms with Crippen molar-refractivity contribution in [1.29, 1.82) is 10.5 Å². The average molecular weight is 424 g/mol. The van der Waals surface area contributed by atoms with E-state index in [-0.39, 0.29) is 5.82 Å². The second-order valence-corrected chi connectivity index (χ2v) is 6.80. The van der Waals surface area contributed by atoms with Crippen molar-refractivity contribution in [3.8, 4) is 12.1 Å². The largest absolute Gasteiger partial charge is 0.383 e. The average Bonchev–Trinajstić information content (AvgIpc) is 2.79. The van der Waals surface area contributed by atoms with Gasteiger partial charge in [-0.25, -0.2) is 4.98 Å². The van der Waals surface area contributed by atoms with E-state index in [9.17, 15) is 10.5 Å². The number of halogens is 1. The van der Waals surface area contributed by atoms with Gasteiger partial charge in [-0.3, -0.25) is 0 Å². The van der Waals surface area contributed by atoms with Gasteiger partial charge in [-0.05, 0) is 76.9 Å². The standard InChI is InChI=1S/C19H13IN4/c1-10-14(7-12-4-3-5-13(20)6-12)17-11(2)16(9-22)19(23)24-18(17)15(10)8-21/h3-7H,1-2H3,(H2,23,24). The highest BCUT2D eigenvalue weighted by atomic mass is 127. The fourth-order valence-electron chi connectivity index (χ4n) is 2.96. The number of hydrogen-bond donors (Lipinski definition) is 1. The molecule has 1 heterocycles. The molecule has 0 unspecified atom stereocenters. The maximum absolute atomic E-state index is 9.54. The summed E-state index contributed by atoms with van der Waals surface area (Å²) < 4.78 is 1.13. The van der Waals surface area contributed by atoms with Crippen LogP contribution in [0.3, 0.4) is 0 Å². The topological polar surface area (TPSA) is 86.5 Å². The Kier molecular flexibility index (Phi) is 4.13. The van der Waals surface area contributed by atoms with E-state index in [1.54, 1.807) is 0 Å². The van der Waals surface area contributed by atoms with Gasteiger partial charge in [0.25, 0.3) is 0 Å². The monoisotopic (exact) mass is 424 g/mol. The lowest BCUT2D eigenvalue weighted by Crippen LogP contribution is -2.03. The number of anilines is 1. The van der Waals surface area contributed by atoms with Crippen LogP contribution >= 0.6 is 22.6 Å². The second kappa shape index (κ2) is 6.10. The lowest BCUT2D eigenvalue weighted by atomic mass is 9.95. The van der Waals surface area contributed by atoms with Crippen molar-refractivity contribution < 1.29 is 0 Å². The zero-order valence-corrected chi connectivity index (χ0v) is 15.3. The number of allylic oxidation sites excluding steroid dienone is 3. The third-order valence-electron chi connectivity index (χ3n) is 4.14. The lowest BCUT2D eigenvalue weighted by Gasteiger charge is -2.11. The van der Waals surface area contributed by atoms with Gasteiger partial charge in [0.15, 0.2) is 0 Å². The zero-order chi connectivity index (χ0) is 17.4. The highest BCUT2D eigenvalue weighted by Crippen LogP contribution is 2.44. The van der Waals surface area contributed by atoms with Crippen LogP contribution in [0.5, 0.6) is 0 Å². The van der Waals surface area contributed by atoms with Gasteiger partial charge in [-0.15, -0.1) is 0 Å². The summed E-state index contributed by atoms with van der Waals surface area (Å²) in [5.41, 5.74) is 11.8. The van der Waals surface area contributed by atoms with Crippen LogP contribution in [0.15, 0.2) is 29.8 Å². The molecule has 0 spiro atoms. The van der Waals surface area contributed by atoms with Gasteiger partial charge in [0.2, 0.25) is 0 Å². The first-order valence-corrected chi connectivity index (χ1v) is 8.35. The Bertz CT molecular complexity index is 1020. The van der Waals surface area contributed by atoms with Gasteiger partial charge in [0.05, 0.1) is 16.8 Å². The Morgan fingerprint density at radius 3 is 2.58 bits per heavy atom. The Morgan fingerprint density at radius 2 is 1.96 bits per heavy atom. The molecule has 1 aromatic heterocycles. The molecule has 4 nitrogen and oxygen atoms in total. The number of pyridine rings is 1. The predicted molar refractivity (Wildman–Crippen MR) is 103 cm³/mol. The van der Waals surface area contributed by atoms with Crippen LogP contribution in [-0.2, 0) is 0 Å². The molecule has 116 valence electrons. The van der Waals surface area contributed by atoms with E-state index in [0.29, 0.717) is 16.8 Å². The fourth-order valence-corrected chi connectivity index (χ4v) is 3.53. The van der Waals surface area contributed by atoms with Crippen LogP contribution in [0.2, 0.25) is 0 Å². The first-order chi connectivity index (χ1) is 11.5. The van der Waals surface area contributed by atoms with Gasteiger partial charge >= 0.3 is 0 Å². The van der Waals surface area contributed by atoms with Crippen LogP contribution in [0.1, 0.15) is 34.9 Å². The molecule has 1 aliphatic carbocycles. The minimum absolute atomic E-state index is 0.171. The first-order valence-electron chi connectivity index (χ1n) is 7.27. The van der Waals surface area contributed by atoms with E-state index >= 15 is 0 Å². The maximum Gasteiger partial charge on any atom is 0.142 e. The van der Waals surface area contributed by atoms with Crippen molar-refractivity contribution in [1.82, 2.24) is 4.98 Å². The molecular formula is C19H13IN4. The molecule has 0 radical (unpaired) electrons. The van der Waals surface area contributed by atoms with Crippen LogP contribution in [-0.4, -0.2) is 4.98 Å². The molecule has 3 rings (SSSR count). The van der Waals surface area contributed by atoms with E-state index in [4.69, 9.17) is 5.73 Å². The number of nitriles is 2. The summed E-state index contributed by atoms with van der Waals surface area (Å²) in [6.07, 6.45) is 2.03. The van der Waals surface area contributed by atoms with Crippen LogP contribution in [0.25, 0.3) is 17.2 Å². The van der Waals surface area contributed by atoms with E-state index in [2.05, 4.69) is 45.8 Å². The molecule has 0 bridgehead atoms. The second-order valence-electron chi connectivity index (χ2n) is 5.56. The normalized spacial score (nSPS) is 14.5. The molecule has 5 heteroatoms. The number of fused-ring (bicyclic) bond motifs is 1. The first kappa shape index (κ1) is 16.2. The minimum Gasteiger partial charge on any atom is -0.383 e. The Hall–Kier alpha value is -2.64. The highest BCUT2D eigenvalue weighted by Gasteiger charge is 2.29. The number of nitrogen functional groups attached to an aromatic ring is 1. The SMILES string of the molecule is CC1=C(C#N)c2nc(N)c(C#N)c(C)c2C1=Cc1cccc(I)c1. The van der Waals surface area contributed by atoms with Gasteiger partial charge in [-0.2, -0.15) is 10.5 Å². The van der Waals surface area contributed by atoms with Crippen molar-refractivity contribution in [2.75, 3.05) is 5.73 Å². The van der Waals surface area contributed by atoms with Crippen LogP contribution < -0.4 is 5.73 Å². The summed E-state index contributed by atoms with van der Waals surface area (Å²) >= 11 is 2.27. The van der Waals surface area contributed by atoms with Crippen molar-refractivity contribution in [3.63, 3.8) is 0 Å². The van der Waals surface area contributed by atoms with Crippen LogP contribution in [0, 0.1) is 33.2 Å². The van der Waals surface area contributed by atoms with E-state index in [1.807, 2.05) is 38.1 Å². The lowest BCUT2D eigenvalue weighted by molar-refractivity contribution is 1.22. The summed E-state index contributed by atoms with van der Waals surface area (Å²) in [7, 11) is 0. The highest BCUT2D eigenvalue weighted by molar-refractivity contribution is 14.1. The van der Waals surface area contributed by atoms with Crippen molar-refractivity contribution in [2.24, 2.45) is 0 Å². The fraction of sp³-hybridized carbons (Fsp3) is 0.105. The molecular weight excluding hydrogens is 411 g/mol. The van der Waals surface area contributed by atoms with Gasteiger partial charge < -0.3 is 5.73 Å². The maximum atomic E-state index is 9.54. The number of rotatable bonds is 1. The van der Waals surface area contributed by atoms with Gasteiger partial charge in [0, 0.05) is 9.13 Å². The Labute approximate surface area is 154 Å². The Balaban J connectivity index is 2.34. The van der Waals surface area contributed by atoms with Crippen molar-refractivity contribution >= 4 is 45.6 Å². The summed E-state index contributed by atoms with van der Waals surface area (Å²) in [6, 6.07) is 12.4.